The fourth-order valence-corrected chi connectivity index (χ4v) is 3.37. The molecule has 4 heteroatoms. The largest absolute Gasteiger partial charge is 0.633 e. The highest BCUT2D eigenvalue weighted by Gasteiger charge is 2.40. The number of nitrogens with zero attached hydrogens (tertiary/aromatic N) is 1. The van der Waals surface area contributed by atoms with Gasteiger partial charge < -0.3 is 19.7 Å². The lowest BCUT2D eigenvalue weighted by atomic mass is 9.72. The lowest BCUT2D eigenvalue weighted by molar-refractivity contribution is -0.842. The standard InChI is InChI=1S/C17H27NO3/c1-18(2,20)13-16(17(19)11-5-4-6-12-17)14-7-9-15(21-3)10-8-14/h7-10,16,19H,4-6,11-13H2,1-3H3/t16-/m0/s1. The molecule has 0 saturated heterocycles. The lowest BCUT2D eigenvalue weighted by Crippen LogP contribution is -2.47. The van der Waals surface area contributed by atoms with E-state index in [1.54, 1.807) is 21.2 Å². The summed E-state index contributed by atoms with van der Waals surface area (Å²) in [5.74, 6) is 0.667. The summed E-state index contributed by atoms with van der Waals surface area (Å²) in [5.41, 5.74) is 0.273. The molecule has 4 nitrogen and oxygen atoms in total. The van der Waals surface area contributed by atoms with Crippen LogP contribution in [0.2, 0.25) is 0 Å². The molecule has 1 N–H and O–H groups in total. The Hall–Kier alpha value is -1.10. The molecule has 1 saturated carbocycles. The van der Waals surface area contributed by atoms with E-state index in [0.717, 1.165) is 37.0 Å². The molecular formula is C17H27NO3. The van der Waals surface area contributed by atoms with Crippen LogP contribution < -0.4 is 4.74 Å². The normalized spacial score (nSPS) is 20.0. The van der Waals surface area contributed by atoms with Crippen molar-refractivity contribution < 1.29 is 14.5 Å². The Kier molecular flexibility index (Phi) is 4.91. The zero-order valence-corrected chi connectivity index (χ0v) is 13.3. The van der Waals surface area contributed by atoms with Crippen LogP contribution in [0.1, 0.15) is 43.6 Å². The summed E-state index contributed by atoms with van der Waals surface area (Å²) >= 11 is 0. The van der Waals surface area contributed by atoms with E-state index >= 15 is 0 Å². The Morgan fingerprint density at radius 3 is 2.24 bits per heavy atom. The molecule has 2 rings (SSSR count). The molecule has 1 aromatic rings. The first-order chi connectivity index (χ1) is 9.84. The molecule has 1 aromatic carbocycles. The molecule has 1 aliphatic carbocycles. The van der Waals surface area contributed by atoms with E-state index in [9.17, 15) is 10.3 Å². The van der Waals surface area contributed by atoms with E-state index in [2.05, 4.69) is 0 Å². The maximum Gasteiger partial charge on any atom is 0.118 e. The van der Waals surface area contributed by atoms with Crippen LogP contribution in [0.3, 0.4) is 0 Å². The van der Waals surface area contributed by atoms with Gasteiger partial charge in [0.1, 0.15) is 5.75 Å². The van der Waals surface area contributed by atoms with Crippen LogP contribution in [0.15, 0.2) is 24.3 Å². The van der Waals surface area contributed by atoms with Crippen molar-refractivity contribution in [1.29, 1.82) is 0 Å². The second-order valence-electron chi connectivity index (χ2n) is 6.75. The summed E-state index contributed by atoms with van der Waals surface area (Å²) in [5, 5.41) is 23.3. The molecular weight excluding hydrogens is 266 g/mol. The number of benzene rings is 1. The van der Waals surface area contributed by atoms with Gasteiger partial charge in [-0.15, -0.1) is 0 Å². The van der Waals surface area contributed by atoms with Crippen LogP contribution >= 0.6 is 0 Å². The van der Waals surface area contributed by atoms with E-state index in [1.165, 1.54) is 6.42 Å². The Bertz CT molecular complexity index is 444. The Morgan fingerprint density at radius 2 is 1.76 bits per heavy atom. The average Bonchev–Trinajstić information content (AvgIpc) is 2.45. The average molecular weight is 293 g/mol. The highest BCUT2D eigenvalue weighted by Crippen LogP contribution is 2.41. The number of likely N-dealkylation sites (N-methyl/N-ethyl adjacent to an activating group) is 1. The molecule has 1 atom stereocenters. The molecule has 0 amide bonds. The minimum atomic E-state index is -0.757. The van der Waals surface area contributed by atoms with Gasteiger partial charge in [0.15, 0.2) is 0 Å². The van der Waals surface area contributed by atoms with E-state index in [-0.39, 0.29) is 10.6 Å². The van der Waals surface area contributed by atoms with E-state index in [1.807, 2.05) is 24.3 Å². The fourth-order valence-electron chi connectivity index (χ4n) is 3.37. The summed E-state index contributed by atoms with van der Waals surface area (Å²) < 4.78 is 4.80. The van der Waals surface area contributed by atoms with Gasteiger partial charge in [0.2, 0.25) is 0 Å². The van der Waals surface area contributed by atoms with E-state index in [4.69, 9.17) is 4.74 Å². The van der Waals surface area contributed by atoms with Gasteiger partial charge in [-0.25, -0.2) is 0 Å². The summed E-state index contributed by atoms with van der Waals surface area (Å²) in [7, 11) is 4.92. The highest BCUT2D eigenvalue weighted by atomic mass is 16.5. The van der Waals surface area contributed by atoms with Gasteiger partial charge in [0, 0.05) is 0 Å². The molecule has 1 aliphatic rings. The lowest BCUT2D eigenvalue weighted by Gasteiger charge is -2.45. The van der Waals surface area contributed by atoms with Crippen molar-refractivity contribution in [3.63, 3.8) is 0 Å². The van der Waals surface area contributed by atoms with Crippen molar-refractivity contribution >= 4 is 0 Å². The minimum absolute atomic E-state index is 0.129. The van der Waals surface area contributed by atoms with Crippen molar-refractivity contribution in [3.8, 4) is 5.75 Å². The van der Waals surface area contributed by atoms with E-state index < -0.39 is 5.60 Å². The molecule has 1 fully saturated rings. The van der Waals surface area contributed by atoms with Gasteiger partial charge >= 0.3 is 0 Å². The predicted octanol–water partition coefficient (Wildman–Crippen LogP) is 3.05. The summed E-state index contributed by atoms with van der Waals surface area (Å²) in [4.78, 5) is 0. The molecule has 0 aliphatic heterocycles. The number of rotatable bonds is 5. The van der Waals surface area contributed by atoms with Crippen LogP contribution in [0, 0.1) is 5.21 Å². The number of quaternary nitrogens is 1. The zero-order chi connectivity index (χ0) is 15.5. The van der Waals surface area contributed by atoms with Gasteiger partial charge in [0.25, 0.3) is 0 Å². The molecule has 0 heterocycles. The third-order valence-corrected chi connectivity index (χ3v) is 4.51. The van der Waals surface area contributed by atoms with Gasteiger partial charge in [-0.05, 0) is 30.5 Å². The molecule has 118 valence electrons. The summed E-state index contributed by atoms with van der Waals surface area (Å²) in [6.45, 7) is 0.392. The third-order valence-electron chi connectivity index (χ3n) is 4.51. The third kappa shape index (κ3) is 4.19. The van der Waals surface area contributed by atoms with Crippen molar-refractivity contribution in [2.24, 2.45) is 0 Å². The smallest absolute Gasteiger partial charge is 0.118 e. The quantitative estimate of drug-likeness (QED) is 0.670. The molecule has 0 bridgehead atoms. The first-order valence-electron chi connectivity index (χ1n) is 7.74. The Labute approximate surface area is 127 Å². The second kappa shape index (κ2) is 6.34. The van der Waals surface area contributed by atoms with Crippen LogP contribution in [0.4, 0.5) is 0 Å². The zero-order valence-electron chi connectivity index (χ0n) is 13.3. The predicted molar refractivity (Wildman–Crippen MR) is 84.1 cm³/mol. The number of aliphatic hydroxyl groups is 1. The van der Waals surface area contributed by atoms with Crippen LogP contribution in [0.5, 0.6) is 5.75 Å². The fraction of sp³-hybridized carbons (Fsp3) is 0.647. The van der Waals surface area contributed by atoms with Crippen LogP contribution in [0.25, 0.3) is 0 Å². The molecule has 0 unspecified atom stereocenters. The monoisotopic (exact) mass is 293 g/mol. The summed E-state index contributed by atoms with van der Waals surface area (Å²) in [6, 6.07) is 7.76. The Morgan fingerprint density at radius 1 is 1.19 bits per heavy atom. The number of methoxy groups -OCH3 is 1. The highest BCUT2D eigenvalue weighted by molar-refractivity contribution is 5.31. The SMILES string of the molecule is COc1ccc([C@H](C[N+](C)(C)[O-])C2(O)CCCCC2)cc1. The second-order valence-corrected chi connectivity index (χ2v) is 6.75. The van der Waals surface area contributed by atoms with Crippen molar-refractivity contribution in [2.45, 2.75) is 43.6 Å². The number of hydrogen-bond donors (Lipinski definition) is 1. The number of hydrogen-bond acceptors (Lipinski definition) is 3. The van der Waals surface area contributed by atoms with Gasteiger partial charge in [-0.2, -0.15) is 0 Å². The van der Waals surface area contributed by atoms with E-state index in [0.29, 0.717) is 6.54 Å². The summed E-state index contributed by atoms with van der Waals surface area (Å²) in [6.07, 6.45) is 4.81. The van der Waals surface area contributed by atoms with Gasteiger partial charge in [0.05, 0.1) is 39.3 Å². The number of ether oxygens (including phenoxy) is 1. The van der Waals surface area contributed by atoms with Crippen LogP contribution in [-0.4, -0.2) is 43.1 Å². The van der Waals surface area contributed by atoms with Crippen molar-refractivity contribution in [1.82, 2.24) is 0 Å². The van der Waals surface area contributed by atoms with Crippen LogP contribution in [-0.2, 0) is 0 Å². The topological polar surface area (TPSA) is 52.5 Å². The maximum atomic E-state index is 12.2. The molecule has 0 aromatic heterocycles. The first-order valence-corrected chi connectivity index (χ1v) is 7.74. The minimum Gasteiger partial charge on any atom is -0.633 e. The molecule has 21 heavy (non-hydrogen) atoms. The first kappa shape index (κ1) is 16.3. The maximum absolute atomic E-state index is 12.2. The molecule has 0 radical (unpaired) electrons. The molecule has 0 spiro atoms. The van der Waals surface area contributed by atoms with Gasteiger partial charge in [-0.3, -0.25) is 0 Å². The Balaban J connectivity index is 2.30. The van der Waals surface area contributed by atoms with Crippen molar-refractivity contribution in [2.75, 3.05) is 27.7 Å². The number of hydroxylamine groups is 3. The van der Waals surface area contributed by atoms with Crippen molar-refractivity contribution in [3.05, 3.63) is 35.0 Å². The van der Waals surface area contributed by atoms with Gasteiger partial charge in [-0.1, -0.05) is 31.4 Å².